The van der Waals surface area contributed by atoms with E-state index in [9.17, 15) is 19.2 Å². The Kier molecular flexibility index (Phi) is 7.22. The van der Waals surface area contributed by atoms with E-state index in [1.807, 2.05) is 0 Å². The fourth-order valence-corrected chi connectivity index (χ4v) is 3.77. The van der Waals surface area contributed by atoms with E-state index in [-0.39, 0.29) is 18.5 Å². The average Bonchev–Trinajstić information content (AvgIpc) is 3.18. The maximum Gasteiger partial charge on any atom is 0.305 e. The van der Waals surface area contributed by atoms with Crippen LogP contribution in [0.3, 0.4) is 0 Å². The second-order valence-electron chi connectivity index (χ2n) is 6.54. The van der Waals surface area contributed by atoms with Crippen LogP contribution in [0.1, 0.15) is 26.5 Å². The van der Waals surface area contributed by atoms with Crippen molar-refractivity contribution in [3.8, 4) is 5.69 Å². The SMILES string of the molecule is O=C(O)CC(CNC(=O)c1ccc(Cl)s1)NC(=O)c1ccc(-n2ccccc2=O)cc1. The fraction of sp³-hybridized carbons (Fsp3) is 0.143. The van der Waals surface area contributed by atoms with Crippen LogP contribution in [0.15, 0.2) is 65.6 Å². The van der Waals surface area contributed by atoms with Crippen molar-refractivity contribution in [2.75, 3.05) is 6.54 Å². The molecule has 2 amide bonds. The standard InChI is InChI=1S/C21H18ClN3O5S/c22-17-9-8-16(31-17)21(30)23-12-14(11-19(27)28)24-20(29)13-4-6-15(7-5-13)25-10-2-1-3-18(25)26/h1-10,14H,11-12H2,(H,23,30)(H,24,29)(H,27,28). The normalized spacial score (nSPS) is 11.5. The van der Waals surface area contributed by atoms with Crippen LogP contribution in [-0.2, 0) is 4.79 Å². The van der Waals surface area contributed by atoms with Crippen LogP contribution < -0.4 is 16.2 Å². The third kappa shape index (κ3) is 6.03. The number of carbonyl (C=O) groups excluding carboxylic acids is 2. The highest BCUT2D eigenvalue weighted by Crippen LogP contribution is 2.21. The summed E-state index contributed by atoms with van der Waals surface area (Å²) in [5.41, 5.74) is 0.676. The highest BCUT2D eigenvalue weighted by molar-refractivity contribution is 7.18. The van der Waals surface area contributed by atoms with Gasteiger partial charge in [-0.3, -0.25) is 23.7 Å². The molecule has 0 aliphatic carbocycles. The molecule has 160 valence electrons. The van der Waals surface area contributed by atoms with Crippen LogP contribution >= 0.6 is 22.9 Å². The minimum atomic E-state index is -1.11. The van der Waals surface area contributed by atoms with Gasteiger partial charge in [-0.05, 0) is 42.5 Å². The summed E-state index contributed by atoms with van der Waals surface area (Å²) in [6.07, 6.45) is 1.25. The Balaban J connectivity index is 1.65. The van der Waals surface area contributed by atoms with Crippen molar-refractivity contribution in [2.45, 2.75) is 12.5 Å². The molecule has 0 fully saturated rings. The molecule has 1 unspecified atom stereocenters. The monoisotopic (exact) mass is 459 g/mol. The number of halogens is 1. The van der Waals surface area contributed by atoms with Crippen LogP contribution in [0.25, 0.3) is 5.69 Å². The Bertz CT molecular complexity index is 1160. The maximum atomic E-state index is 12.6. The van der Waals surface area contributed by atoms with Gasteiger partial charge in [-0.15, -0.1) is 11.3 Å². The molecule has 0 saturated heterocycles. The first-order valence-electron chi connectivity index (χ1n) is 9.18. The van der Waals surface area contributed by atoms with Crippen molar-refractivity contribution < 1.29 is 19.5 Å². The van der Waals surface area contributed by atoms with Crippen LogP contribution in [0.5, 0.6) is 0 Å². The molecule has 31 heavy (non-hydrogen) atoms. The molecule has 0 spiro atoms. The number of pyridine rings is 1. The second kappa shape index (κ2) is 10.1. The lowest BCUT2D eigenvalue weighted by atomic mass is 10.1. The Hall–Kier alpha value is -3.43. The van der Waals surface area contributed by atoms with Crippen molar-refractivity contribution in [3.63, 3.8) is 0 Å². The molecule has 0 radical (unpaired) electrons. The van der Waals surface area contributed by atoms with Crippen LogP contribution in [0.4, 0.5) is 0 Å². The number of amides is 2. The highest BCUT2D eigenvalue weighted by atomic mass is 35.5. The summed E-state index contributed by atoms with van der Waals surface area (Å²) in [6, 6.07) is 13.4. The molecule has 2 aromatic heterocycles. The molecule has 0 aliphatic rings. The fourth-order valence-electron chi connectivity index (χ4n) is 2.81. The number of carboxylic acid groups (broad SMARTS) is 1. The molecule has 3 aromatic rings. The second-order valence-corrected chi connectivity index (χ2v) is 8.25. The van der Waals surface area contributed by atoms with Gasteiger partial charge in [0.2, 0.25) is 0 Å². The molecular formula is C21H18ClN3O5S. The number of benzene rings is 1. The third-order valence-corrected chi connectivity index (χ3v) is 5.52. The van der Waals surface area contributed by atoms with Gasteiger partial charge < -0.3 is 15.7 Å². The van der Waals surface area contributed by atoms with E-state index in [0.29, 0.717) is 20.5 Å². The van der Waals surface area contributed by atoms with Gasteiger partial charge >= 0.3 is 5.97 Å². The van der Waals surface area contributed by atoms with E-state index in [1.165, 1.54) is 22.8 Å². The first-order valence-corrected chi connectivity index (χ1v) is 10.4. The van der Waals surface area contributed by atoms with E-state index >= 15 is 0 Å². The smallest absolute Gasteiger partial charge is 0.305 e. The quantitative estimate of drug-likeness (QED) is 0.478. The van der Waals surface area contributed by atoms with Crippen molar-refractivity contribution in [1.82, 2.24) is 15.2 Å². The Morgan fingerprint density at radius 1 is 1.03 bits per heavy atom. The van der Waals surface area contributed by atoms with Gasteiger partial charge in [0, 0.05) is 30.1 Å². The number of carbonyl (C=O) groups is 3. The van der Waals surface area contributed by atoms with Crippen molar-refractivity contribution in [3.05, 3.63) is 85.9 Å². The third-order valence-electron chi connectivity index (χ3n) is 4.29. The predicted octanol–water partition coefficient (Wildman–Crippen LogP) is 2.56. The minimum Gasteiger partial charge on any atom is -0.481 e. The molecule has 0 aliphatic heterocycles. The zero-order chi connectivity index (χ0) is 22.4. The summed E-state index contributed by atoms with van der Waals surface area (Å²) in [5.74, 6) is -2.01. The molecule has 0 saturated carbocycles. The highest BCUT2D eigenvalue weighted by Gasteiger charge is 2.19. The number of hydrogen-bond acceptors (Lipinski definition) is 5. The van der Waals surface area contributed by atoms with Gasteiger partial charge in [0.1, 0.15) is 0 Å². The first kappa shape index (κ1) is 22.3. The summed E-state index contributed by atoms with van der Waals surface area (Å²) in [4.78, 5) is 48.2. The molecule has 1 atom stereocenters. The summed E-state index contributed by atoms with van der Waals surface area (Å²) < 4.78 is 1.89. The van der Waals surface area contributed by atoms with E-state index in [0.717, 1.165) is 11.3 Å². The lowest BCUT2D eigenvalue weighted by Gasteiger charge is -2.18. The topological polar surface area (TPSA) is 118 Å². The number of nitrogens with one attached hydrogen (secondary N) is 2. The molecule has 2 heterocycles. The number of aliphatic carboxylic acids is 1. The molecule has 0 bridgehead atoms. The van der Waals surface area contributed by atoms with Gasteiger partial charge in [0.05, 0.1) is 21.7 Å². The molecule has 8 nitrogen and oxygen atoms in total. The predicted molar refractivity (Wildman–Crippen MR) is 117 cm³/mol. The van der Waals surface area contributed by atoms with Crippen LogP contribution in [-0.4, -0.2) is 40.0 Å². The van der Waals surface area contributed by atoms with E-state index in [4.69, 9.17) is 16.7 Å². The number of aromatic nitrogens is 1. The van der Waals surface area contributed by atoms with E-state index in [1.54, 1.807) is 42.6 Å². The van der Waals surface area contributed by atoms with Crippen molar-refractivity contribution in [2.24, 2.45) is 0 Å². The summed E-state index contributed by atoms with van der Waals surface area (Å²) in [7, 11) is 0. The number of thiophene rings is 1. The zero-order valence-corrected chi connectivity index (χ0v) is 17.7. The molecule has 1 aromatic carbocycles. The van der Waals surface area contributed by atoms with Crippen molar-refractivity contribution in [1.29, 1.82) is 0 Å². The number of rotatable bonds is 8. The zero-order valence-electron chi connectivity index (χ0n) is 16.1. The lowest BCUT2D eigenvalue weighted by Crippen LogP contribution is -2.44. The van der Waals surface area contributed by atoms with Crippen LogP contribution in [0.2, 0.25) is 4.34 Å². The minimum absolute atomic E-state index is 0.0656. The first-order chi connectivity index (χ1) is 14.8. The Morgan fingerprint density at radius 3 is 2.39 bits per heavy atom. The molecule has 3 N–H and O–H groups in total. The molecule has 10 heteroatoms. The van der Waals surface area contributed by atoms with Crippen LogP contribution in [0, 0.1) is 0 Å². The van der Waals surface area contributed by atoms with E-state index in [2.05, 4.69) is 10.6 Å². The molecular weight excluding hydrogens is 442 g/mol. The summed E-state index contributed by atoms with van der Waals surface area (Å²) in [6.45, 7) is -0.0656. The molecule has 3 rings (SSSR count). The lowest BCUT2D eigenvalue weighted by molar-refractivity contribution is -0.137. The number of hydrogen-bond donors (Lipinski definition) is 3. The summed E-state index contributed by atoms with van der Waals surface area (Å²) >= 11 is 6.91. The van der Waals surface area contributed by atoms with Crippen molar-refractivity contribution >= 4 is 40.7 Å². The Morgan fingerprint density at radius 2 is 1.77 bits per heavy atom. The van der Waals surface area contributed by atoms with Gasteiger partial charge in [-0.2, -0.15) is 0 Å². The largest absolute Gasteiger partial charge is 0.481 e. The summed E-state index contributed by atoms with van der Waals surface area (Å²) in [5, 5.41) is 14.4. The maximum absolute atomic E-state index is 12.6. The average molecular weight is 460 g/mol. The van der Waals surface area contributed by atoms with Gasteiger partial charge in [-0.25, -0.2) is 0 Å². The van der Waals surface area contributed by atoms with Gasteiger partial charge in [-0.1, -0.05) is 17.7 Å². The van der Waals surface area contributed by atoms with Gasteiger partial charge in [0.15, 0.2) is 0 Å². The Labute approximate surface area is 186 Å². The van der Waals surface area contributed by atoms with Gasteiger partial charge in [0.25, 0.3) is 17.4 Å². The van der Waals surface area contributed by atoms with E-state index < -0.39 is 23.8 Å². The number of nitrogens with zero attached hydrogens (tertiary/aromatic N) is 1. The number of carboxylic acids is 1.